The Kier molecular flexibility index (Phi) is 7.15. The molecule has 1 amide bonds. The normalized spacial score (nSPS) is 18.5. The second-order valence-electron chi connectivity index (χ2n) is 9.50. The molecular weight excluding hydrogens is 460 g/mol. The lowest BCUT2D eigenvalue weighted by molar-refractivity contribution is 0.0990. The number of aryl methyl sites for hydroxylation is 1. The minimum absolute atomic E-state index is 0.177. The number of aliphatic hydroxyl groups is 1. The molecular formula is C26H32N6O4. The summed E-state index contributed by atoms with van der Waals surface area (Å²) in [5, 5.41) is 14.4. The third-order valence-corrected chi connectivity index (χ3v) is 7.00. The van der Waals surface area contributed by atoms with Gasteiger partial charge in [-0.2, -0.15) is 0 Å². The largest absolute Gasteiger partial charge is 0.486 e. The van der Waals surface area contributed by atoms with Crippen molar-refractivity contribution in [3.63, 3.8) is 0 Å². The third kappa shape index (κ3) is 5.34. The maximum atomic E-state index is 12.2. The number of hydrogen-bond donors (Lipinski definition) is 3. The lowest BCUT2D eigenvalue weighted by atomic mass is 9.90. The predicted molar refractivity (Wildman–Crippen MR) is 133 cm³/mol. The summed E-state index contributed by atoms with van der Waals surface area (Å²) in [5.74, 6) is 1.38. The standard InChI is InChI=1S/C26H32N6O4/c1-16-23(36-15-30-16)14-35-20-6-5-17-10-21(28-12-18(17)9-20)22(33)11-19-13-29-26(31-24(19)25(27)34)32-7-3-2-4-8-32/h5-6,9,13,15,21-22,28,33H,2-4,7-8,10-12,14H2,1H3,(H2,27,34)/t21-,22+/m0/s1. The van der Waals surface area contributed by atoms with E-state index in [-0.39, 0.29) is 18.2 Å². The highest BCUT2D eigenvalue weighted by molar-refractivity contribution is 5.92. The van der Waals surface area contributed by atoms with Crippen LogP contribution in [0.3, 0.4) is 0 Å². The van der Waals surface area contributed by atoms with Crippen LogP contribution in [0.4, 0.5) is 5.95 Å². The van der Waals surface area contributed by atoms with E-state index in [1.54, 1.807) is 6.20 Å². The topological polar surface area (TPSA) is 140 Å². The summed E-state index contributed by atoms with van der Waals surface area (Å²) in [6, 6.07) is 5.79. The Hall–Kier alpha value is -3.50. The summed E-state index contributed by atoms with van der Waals surface area (Å²) in [6.07, 6.45) is 6.57. The number of nitrogens with one attached hydrogen (secondary N) is 1. The van der Waals surface area contributed by atoms with Crippen LogP contribution in [0.5, 0.6) is 5.75 Å². The first-order valence-corrected chi connectivity index (χ1v) is 12.4. The molecule has 0 spiro atoms. The molecule has 0 aliphatic carbocycles. The highest BCUT2D eigenvalue weighted by atomic mass is 16.5. The van der Waals surface area contributed by atoms with Crippen LogP contribution in [0.2, 0.25) is 0 Å². The molecule has 0 saturated carbocycles. The number of amides is 1. The highest BCUT2D eigenvalue weighted by Crippen LogP contribution is 2.26. The van der Waals surface area contributed by atoms with Gasteiger partial charge in [-0.25, -0.2) is 15.0 Å². The molecule has 5 rings (SSSR count). The molecule has 4 N–H and O–H groups in total. The summed E-state index contributed by atoms with van der Waals surface area (Å²) < 4.78 is 11.2. The van der Waals surface area contributed by atoms with Gasteiger partial charge < -0.3 is 30.2 Å². The number of oxazole rings is 1. The fraction of sp³-hybridized carbons (Fsp3) is 0.462. The first kappa shape index (κ1) is 24.2. The maximum Gasteiger partial charge on any atom is 0.267 e. The Morgan fingerprint density at radius 3 is 2.86 bits per heavy atom. The fourth-order valence-corrected chi connectivity index (χ4v) is 4.87. The van der Waals surface area contributed by atoms with Crippen molar-refractivity contribution in [1.29, 1.82) is 0 Å². The number of aromatic nitrogens is 3. The number of nitrogens with zero attached hydrogens (tertiary/aromatic N) is 4. The molecule has 0 radical (unpaired) electrons. The molecule has 10 nitrogen and oxygen atoms in total. The van der Waals surface area contributed by atoms with E-state index in [0.717, 1.165) is 48.5 Å². The van der Waals surface area contributed by atoms with Gasteiger partial charge in [0.05, 0.1) is 11.8 Å². The molecule has 4 heterocycles. The number of carbonyl (C=O) groups excluding carboxylic acids is 1. The average Bonchev–Trinajstić information content (AvgIpc) is 3.32. The zero-order valence-electron chi connectivity index (χ0n) is 20.4. The van der Waals surface area contributed by atoms with Crippen LogP contribution in [0.15, 0.2) is 35.2 Å². The molecule has 1 aromatic carbocycles. The number of benzene rings is 1. The molecule has 36 heavy (non-hydrogen) atoms. The quantitative estimate of drug-likeness (QED) is 0.431. The van der Waals surface area contributed by atoms with Crippen molar-refractivity contribution in [2.45, 2.75) is 64.3 Å². The Morgan fingerprint density at radius 1 is 1.28 bits per heavy atom. The molecule has 2 aliphatic heterocycles. The van der Waals surface area contributed by atoms with Gasteiger partial charge in [0.15, 0.2) is 12.2 Å². The van der Waals surface area contributed by atoms with E-state index in [2.05, 4.69) is 25.2 Å². The van der Waals surface area contributed by atoms with E-state index in [1.807, 2.05) is 25.1 Å². The van der Waals surface area contributed by atoms with Crippen LogP contribution in [-0.4, -0.2) is 51.2 Å². The van der Waals surface area contributed by atoms with Gasteiger partial charge in [-0.05, 0) is 55.9 Å². The van der Waals surface area contributed by atoms with Crippen molar-refractivity contribution in [3.05, 3.63) is 64.6 Å². The number of primary amides is 1. The van der Waals surface area contributed by atoms with Crippen molar-refractivity contribution in [2.24, 2.45) is 5.73 Å². The second-order valence-corrected chi connectivity index (χ2v) is 9.50. The van der Waals surface area contributed by atoms with E-state index in [0.29, 0.717) is 36.8 Å². The van der Waals surface area contributed by atoms with Gasteiger partial charge in [0.1, 0.15) is 18.1 Å². The SMILES string of the molecule is Cc1ncoc1COc1ccc2c(c1)CN[C@H]([C@H](O)Cc1cnc(N3CCCCC3)nc1C(N)=O)C2. The smallest absolute Gasteiger partial charge is 0.267 e. The van der Waals surface area contributed by atoms with E-state index in [1.165, 1.54) is 12.8 Å². The zero-order valence-corrected chi connectivity index (χ0v) is 20.4. The second kappa shape index (κ2) is 10.6. The highest BCUT2D eigenvalue weighted by Gasteiger charge is 2.27. The number of fused-ring (bicyclic) bond motifs is 1. The number of rotatable bonds is 8. The van der Waals surface area contributed by atoms with Gasteiger partial charge in [0.25, 0.3) is 5.91 Å². The minimum atomic E-state index is -0.731. The van der Waals surface area contributed by atoms with E-state index >= 15 is 0 Å². The van der Waals surface area contributed by atoms with Crippen LogP contribution in [-0.2, 0) is 26.0 Å². The molecule has 1 saturated heterocycles. The van der Waals surface area contributed by atoms with Gasteiger partial charge in [-0.3, -0.25) is 4.79 Å². The Bertz CT molecular complexity index is 1220. The van der Waals surface area contributed by atoms with Gasteiger partial charge in [-0.1, -0.05) is 6.07 Å². The Labute approximate surface area is 209 Å². The molecule has 0 unspecified atom stereocenters. The third-order valence-electron chi connectivity index (χ3n) is 7.00. The first-order valence-electron chi connectivity index (χ1n) is 12.4. The van der Waals surface area contributed by atoms with Gasteiger partial charge in [0.2, 0.25) is 5.95 Å². The molecule has 2 atom stereocenters. The van der Waals surface area contributed by atoms with E-state index in [9.17, 15) is 9.90 Å². The average molecular weight is 493 g/mol. The molecule has 2 aliphatic rings. The summed E-state index contributed by atoms with van der Waals surface area (Å²) in [7, 11) is 0. The zero-order chi connectivity index (χ0) is 25.1. The number of ether oxygens (including phenoxy) is 1. The number of aliphatic hydroxyl groups excluding tert-OH is 1. The van der Waals surface area contributed by atoms with Crippen LogP contribution < -0.4 is 20.7 Å². The van der Waals surface area contributed by atoms with Crippen molar-refractivity contribution < 1.29 is 19.1 Å². The number of piperidine rings is 1. The summed E-state index contributed by atoms with van der Waals surface area (Å²) >= 11 is 0. The summed E-state index contributed by atoms with van der Waals surface area (Å²) in [5.41, 5.74) is 9.48. The molecule has 3 aromatic rings. The number of nitrogens with two attached hydrogens (primary N) is 1. The van der Waals surface area contributed by atoms with E-state index in [4.69, 9.17) is 14.9 Å². The van der Waals surface area contributed by atoms with Crippen molar-refractivity contribution in [2.75, 3.05) is 18.0 Å². The van der Waals surface area contributed by atoms with E-state index < -0.39 is 12.0 Å². The number of hydrogen-bond acceptors (Lipinski definition) is 9. The van der Waals surface area contributed by atoms with Crippen molar-refractivity contribution in [3.8, 4) is 5.75 Å². The summed E-state index contributed by atoms with van der Waals surface area (Å²) in [6.45, 7) is 4.55. The van der Waals surface area contributed by atoms with Crippen LogP contribution >= 0.6 is 0 Å². The molecule has 10 heteroatoms. The van der Waals surface area contributed by atoms with Crippen LogP contribution in [0.25, 0.3) is 0 Å². The maximum absolute atomic E-state index is 12.2. The predicted octanol–water partition coefficient (Wildman–Crippen LogP) is 2.06. The van der Waals surface area contributed by atoms with Crippen LogP contribution in [0.1, 0.15) is 57.9 Å². The lowest BCUT2D eigenvalue weighted by Crippen LogP contribution is -2.45. The van der Waals surface area contributed by atoms with Gasteiger partial charge in [0, 0.05) is 43.9 Å². The number of carbonyl (C=O) groups is 1. The summed E-state index contributed by atoms with van der Waals surface area (Å²) in [4.78, 5) is 27.3. The molecule has 190 valence electrons. The Morgan fingerprint density at radius 2 is 2.11 bits per heavy atom. The molecule has 0 bridgehead atoms. The van der Waals surface area contributed by atoms with Crippen molar-refractivity contribution in [1.82, 2.24) is 20.3 Å². The molecule has 2 aromatic heterocycles. The minimum Gasteiger partial charge on any atom is -0.486 e. The van der Waals surface area contributed by atoms with Gasteiger partial charge >= 0.3 is 0 Å². The fourth-order valence-electron chi connectivity index (χ4n) is 4.87. The first-order chi connectivity index (χ1) is 17.5. The van der Waals surface area contributed by atoms with Crippen LogP contribution in [0, 0.1) is 6.92 Å². The van der Waals surface area contributed by atoms with Crippen molar-refractivity contribution >= 4 is 11.9 Å². The molecule has 1 fully saturated rings. The monoisotopic (exact) mass is 492 g/mol. The number of anilines is 1. The Balaban J connectivity index is 1.23. The lowest BCUT2D eigenvalue weighted by Gasteiger charge is -2.30. The van der Waals surface area contributed by atoms with Gasteiger partial charge in [-0.15, -0.1) is 0 Å².